The van der Waals surface area contributed by atoms with Crippen molar-refractivity contribution in [3.8, 4) is 33.5 Å². The highest BCUT2D eigenvalue weighted by Crippen LogP contribution is 2.58. The fraction of sp³-hybridized carbons (Fsp3) is 0.465. The standard InChI is InChI=1S/C43H46N4O2/c1-43(2,3)49-42(48)47-16-4-5-39(47)37-22-30-17-26(11-15-36(30)45-37)32-13-14-33(40-34-12-10-27(34)21-35(32)40)24-6-8-25(9-7-24)38-23-44-41(46-38)31-19-28-18-29(28)20-31/h6-9,11,13-15,17,23,27-29,31,34,39H,4-5,10,12,16,18-22H2,1-3H3,(H,44,46). The minimum atomic E-state index is -0.503. The van der Waals surface area contributed by atoms with Crippen molar-refractivity contribution in [2.75, 3.05) is 6.54 Å². The molecule has 6 heteroatoms. The van der Waals surface area contributed by atoms with Gasteiger partial charge in [-0.2, -0.15) is 0 Å². The molecule has 5 unspecified atom stereocenters. The van der Waals surface area contributed by atoms with E-state index in [9.17, 15) is 4.79 Å². The Morgan fingerprint density at radius 1 is 0.878 bits per heavy atom. The number of imidazole rings is 1. The number of carbonyl (C=O) groups excluding carboxylic acids is 1. The third-order valence-corrected chi connectivity index (χ3v) is 12.6. The SMILES string of the molecule is CC(C)(C)OC(=O)N1CCCC1C1=Nc2ccc(-c3ccc(-c4ccc(-c5cnc(C6CC7CC7C6)[nH]5)cc4)c4c3CC3CCC43)cc2C1. The summed E-state index contributed by atoms with van der Waals surface area (Å²) < 4.78 is 5.75. The Morgan fingerprint density at radius 3 is 2.43 bits per heavy atom. The Balaban J connectivity index is 0.907. The third kappa shape index (κ3) is 5.08. The molecular formula is C43H46N4O2. The summed E-state index contributed by atoms with van der Waals surface area (Å²) in [5.74, 6) is 5.17. The summed E-state index contributed by atoms with van der Waals surface area (Å²) in [5, 5.41) is 0. The number of rotatable bonds is 5. The number of aromatic amines is 1. The van der Waals surface area contributed by atoms with E-state index in [-0.39, 0.29) is 12.1 Å². The van der Waals surface area contributed by atoms with Crippen molar-refractivity contribution in [3.05, 3.63) is 83.3 Å². The van der Waals surface area contributed by atoms with Gasteiger partial charge >= 0.3 is 6.09 Å². The molecule has 0 spiro atoms. The molecule has 1 aromatic heterocycles. The molecule has 4 aromatic rings. The van der Waals surface area contributed by atoms with Crippen LogP contribution in [0.2, 0.25) is 0 Å². The Labute approximate surface area is 289 Å². The predicted molar refractivity (Wildman–Crippen MR) is 194 cm³/mol. The van der Waals surface area contributed by atoms with Gasteiger partial charge in [0.2, 0.25) is 0 Å². The molecule has 3 heterocycles. The molecular weight excluding hydrogens is 604 g/mol. The second kappa shape index (κ2) is 10.9. The first-order valence-electron chi connectivity index (χ1n) is 18.8. The largest absolute Gasteiger partial charge is 0.444 e. The van der Waals surface area contributed by atoms with Gasteiger partial charge in [-0.1, -0.05) is 42.5 Å². The highest BCUT2D eigenvalue weighted by Gasteiger charge is 2.47. The smallest absolute Gasteiger partial charge is 0.410 e. The van der Waals surface area contributed by atoms with Gasteiger partial charge in [-0.3, -0.25) is 9.89 Å². The van der Waals surface area contributed by atoms with Crippen LogP contribution in [0.5, 0.6) is 0 Å². The maximum atomic E-state index is 13.0. The van der Waals surface area contributed by atoms with Crippen molar-refractivity contribution in [3.63, 3.8) is 0 Å². The fourth-order valence-electron chi connectivity index (χ4n) is 9.98. The molecule has 0 bridgehead atoms. The van der Waals surface area contributed by atoms with Crippen LogP contribution in [0.25, 0.3) is 33.5 Å². The zero-order chi connectivity index (χ0) is 33.0. The van der Waals surface area contributed by atoms with E-state index < -0.39 is 5.60 Å². The maximum Gasteiger partial charge on any atom is 0.410 e. The van der Waals surface area contributed by atoms with Crippen LogP contribution in [0.4, 0.5) is 10.5 Å². The minimum Gasteiger partial charge on any atom is -0.444 e. The summed E-state index contributed by atoms with van der Waals surface area (Å²) in [6, 6.07) is 20.8. The molecule has 4 fully saturated rings. The number of ether oxygens (including phenoxy) is 1. The summed E-state index contributed by atoms with van der Waals surface area (Å²) >= 11 is 0. The summed E-state index contributed by atoms with van der Waals surface area (Å²) in [4.78, 5) is 28.5. The number of aliphatic imine (C=N–C) groups is 1. The Morgan fingerprint density at radius 2 is 1.65 bits per heavy atom. The molecule has 10 rings (SSSR count). The van der Waals surface area contributed by atoms with Crippen LogP contribution in [-0.2, 0) is 17.6 Å². The normalized spacial score (nSPS) is 27.7. The Hall–Kier alpha value is -4.19. The maximum absolute atomic E-state index is 13.0. The number of likely N-dealkylation sites (tertiary alicyclic amines) is 1. The monoisotopic (exact) mass is 650 g/mol. The molecule has 6 aliphatic rings. The number of aromatic nitrogens is 2. The zero-order valence-corrected chi connectivity index (χ0v) is 29.0. The van der Waals surface area contributed by atoms with Gasteiger partial charge in [0.25, 0.3) is 0 Å². The van der Waals surface area contributed by atoms with E-state index >= 15 is 0 Å². The molecule has 5 atom stereocenters. The lowest BCUT2D eigenvalue weighted by molar-refractivity contribution is 0.0265. The molecule has 0 radical (unpaired) electrons. The highest BCUT2D eigenvalue weighted by molar-refractivity contribution is 6.00. The van der Waals surface area contributed by atoms with Crippen molar-refractivity contribution in [2.24, 2.45) is 22.7 Å². The number of nitrogens with one attached hydrogen (secondary N) is 1. The number of fused-ring (bicyclic) bond motifs is 5. The zero-order valence-electron chi connectivity index (χ0n) is 29.0. The van der Waals surface area contributed by atoms with E-state index in [1.807, 2.05) is 31.9 Å². The lowest BCUT2D eigenvalue weighted by atomic mass is 9.73. The molecule has 6 nitrogen and oxygen atoms in total. The first-order valence-corrected chi connectivity index (χ1v) is 18.8. The summed E-state index contributed by atoms with van der Waals surface area (Å²) in [6.07, 6.45) is 12.4. The van der Waals surface area contributed by atoms with Crippen molar-refractivity contribution < 1.29 is 9.53 Å². The molecule has 1 N–H and O–H groups in total. The van der Waals surface area contributed by atoms with Crippen LogP contribution < -0.4 is 0 Å². The molecule has 1 saturated heterocycles. The summed E-state index contributed by atoms with van der Waals surface area (Å²) in [6.45, 7) is 6.52. The molecule has 250 valence electrons. The van der Waals surface area contributed by atoms with Crippen molar-refractivity contribution in [1.29, 1.82) is 0 Å². The van der Waals surface area contributed by atoms with Gasteiger partial charge in [0, 0.05) is 24.6 Å². The van der Waals surface area contributed by atoms with Crippen LogP contribution >= 0.6 is 0 Å². The topological polar surface area (TPSA) is 70.6 Å². The molecule has 3 aromatic carbocycles. The average Bonchev–Trinajstić information content (AvgIpc) is 3.69. The van der Waals surface area contributed by atoms with Gasteiger partial charge < -0.3 is 9.72 Å². The molecule has 4 aliphatic carbocycles. The number of amides is 1. The number of nitrogens with zero attached hydrogens (tertiary/aromatic N) is 3. The van der Waals surface area contributed by atoms with E-state index in [4.69, 9.17) is 14.7 Å². The van der Waals surface area contributed by atoms with Crippen LogP contribution in [-0.4, -0.2) is 44.9 Å². The number of H-pyrrole nitrogens is 1. The van der Waals surface area contributed by atoms with Crippen LogP contribution in [0.3, 0.4) is 0 Å². The molecule has 3 saturated carbocycles. The molecule has 1 amide bonds. The number of hydrogen-bond acceptors (Lipinski definition) is 4. The minimum absolute atomic E-state index is 0.0179. The fourth-order valence-corrected chi connectivity index (χ4v) is 9.98. The Kier molecular flexibility index (Phi) is 6.61. The molecule has 49 heavy (non-hydrogen) atoms. The van der Waals surface area contributed by atoms with Gasteiger partial charge in [0.1, 0.15) is 11.4 Å². The number of benzene rings is 3. The van der Waals surface area contributed by atoms with Crippen molar-refractivity contribution >= 4 is 17.5 Å². The third-order valence-electron chi connectivity index (χ3n) is 12.6. The second-order valence-electron chi connectivity index (χ2n) is 16.8. The van der Waals surface area contributed by atoms with Gasteiger partial charge in [-0.15, -0.1) is 0 Å². The van der Waals surface area contributed by atoms with E-state index in [1.54, 1.807) is 11.1 Å². The molecule has 2 aliphatic heterocycles. The Bertz CT molecular complexity index is 2010. The average molecular weight is 651 g/mol. The summed E-state index contributed by atoms with van der Waals surface area (Å²) in [7, 11) is 0. The first-order chi connectivity index (χ1) is 23.8. The lowest BCUT2D eigenvalue weighted by Gasteiger charge is -2.31. The number of hydrogen-bond donors (Lipinski definition) is 1. The van der Waals surface area contributed by atoms with E-state index in [2.05, 4.69) is 59.6 Å². The van der Waals surface area contributed by atoms with Crippen molar-refractivity contribution in [2.45, 2.75) is 102 Å². The van der Waals surface area contributed by atoms with Crippen molar-refractivity contribution in [1.82, 2.24) is 14.9 Å². The van der Waals surface area contributed by atoms with Crippen LogP contribution in [0, 0.1) is 17.8 Å². The first kappa shape index (κ1) is 29.7. The van der Waals surface area contributed by atoms with Gasteiger partial charge in [0.15, 0.2) is 0 Å². The predicted octanol–water partition coefficient (Wildman–Crippen LogP) is 10.0. The summed E-state index contributed by atoms with van der Waals surface area (Å²) in [5.41, 5.74) is 13.8. The van der Waals surface area contributed by atoms with Gasteiger partial charge in [-0.05, 0) is 152 Å². The highest BCUT2D eigenvalue weighted by atomic mass is 16.6. The van der Waals surface area contributed by atoms with Crippen LogP contribution in [0.1, 0.15) is 100 Å². The van der Waals surface area contributed by atoms with E-state index in [0.29, 0.717) is 11.8 Å². The van der Waals surface area contributed by atoms with E-state index in [0.717, 1.165) is 60.7 Å². The van der Waals surface area contributed by atoms with Gasteiger partial charge in [0.05, 0.1) is 23.6 Å². The van der Waals surface area contributed by atoms with Crippen LogP contribution in [0.15, 0.2) is 65.8 Å². The second-order valence-corrected chi connectivity index (χ2v) is 16.8. The number of carbonyl (C=O) groups is 1. The van der Waals surface area contributed by atoms with Gasteiger partial charge in [-0.25, -0.2) is 9.78 Å². The van der Waals surface area contributed by atoms with E-state index in [1.165, 1.54) is 77.7 Å². The lowest BCUT2D eigenvalue weighted by Crippen LogP contribution is -2.43. The quantitative estimate of drug-likeness (QED) is 0.234.